The summed E-state index contributed by atoms with van der Waals surface area (Å²) in [6.45, 7) is 9.58. The standard InChI is InChI=1S/C37H49N7O2S/c1-21(2)28(39)18-24(7-5-15-38)29-19-26-10-9-23-17-25(11-12-27(23)35(26)41-29)32-13-14-33(47-32)30-20-40-36(42-30)31-8-6-16-44(31)37(45)34(43-46)22(3)4/h9-14,17,19-22,24,28,31,34,41,43,46H,5-8,15-16,18,38-39H2,1-4H3,(H,40,42)/t24-,28-,31+,34+/m1/s1. The number of imidazole rings is 1. The van der Waals surface area contributed by atoms with Crippen LogP contribution in [0.15, 0.2) is 54.7 Å². The first-order chi connectivity index (χ1) is 22.7. The van der Waals surface area contributed by atoms with Crippen molar-refractivity contribution >= 4 is 38.9 Å². The Kier molecular flexibility index (Phi) is 10.1. The van der Waals surface area contributed by atoms with E-state index in [-0.39, 0.29) is 23.9 Å². The van der Waals surface area contributed by atoms with Crippen molar-refractivity contribution in [1.29, 1.82) is 0 Å². The van der Waals surface area contributed by atoms with Crippen molar-refractivity contribution in [2.24, 2.45) is 23.3 Å². The molecule has 3 aromatic heterocycles. The third-order valence-electron chi connectivity index (χ3n) is 9.92. The first-order valence-electron chi connectivity index (χ1n) is 17.0. The summed E-state index contributed by atoms with van der Waals surface area (Å²) in [5, 5.41) is 13.2. The van der Waals surface area contributed by atoms with Crippen molar-refractivity contribution in [2.75, 3.05) is 13.1 Å². The second-order valence-corrected chi connectivity index (χ2v) is 14.9. The number of nitrogens with two attached hydrogens (primary N) is 2. The van der Waals surface area contributed by atoms with Gasteiger partial charge in [-0.05, 0) is 85.7 Å². The van der Waals surface area contributed by atoms with Gasteiger partial charge in [0, 0.05) is 39.8 Å². The number of hydrogen-bond donors (Lipinski definition) is 6. The minimum Gasteiger partial charge on any atom is -0.358 e. The number of carbonyl (C=O) groups excluding carboxylic acids is 1. The van der Waals surface area contributed by atoms with E-state index in [9.17, 15) is 10.0 Å². The number of amides is 1. The van der Waals surface area contributed by atoms with Crippen molar-refractivity contribution in [1.82, 2.24) is 25.3 Å². The first-order valence-corrected chi connectivity index (χ1v) is 17.9. The highest BCUT2D eigenvalue weighted by atomic mass is 32.1. The van der Waals surface area contributed by atoms with Crippen molar-refractivity contribution in [3.63, 3.8) is 0 Å². The monoisotopic (exact) mass is 655 g/mol. The largest absolute Gasteiger partial charge is 0.358 e. The van der Waals surface area contributed by atoms with Gasteiger partial charge in [0.05, 0.1) is 28.3 Å². The topological polar surface area (TPSA) is 149 Å². The molecule has 5 aromatic rings. The maximum atomic E-state index is 13.2. The Hall–Kier alpha value is -3.54. The second kappa shape index (κ2) is 14.3. The maximum Gasteiger partial charge on any atom is 0.242 e. The Morgan fingerprint density at radius 2 is 1.85 bits per heavy atom. The van der Waals surface area contributed by atoms with Gasteiger partial charge in [0.25, 0.3) is 0 Å². The molecule has 10 heteroatoms. The summed E-state index contributed by atoms with van der Waals surface area (Å²) in [5.41, 5.74) is 19.2. The average Bonchev–Trinajstić information content (AvgIpc) is 3.88. The van der Waals surface area contributed by atoms with Crippen LogP contribution in [0.5, 0.6) is 0 Å². The van der Waals surface area contributed by atoms with E-state index < -0.39 is 6.04 Å². The van der Waals surface area contributed by atoms with Crippen LogP contribution in [0.2, 0.25) is 0 Å². The summed E-state index contributed by atoms with van der Waals surface area (Å²) in [7, 11) is 0. The fourth-order valence-electron chi connectivity index (χ4n) is 6.94. The zero-order chi connectivity index (χ0) is 33.2. The van der Waals surface area contributed by atoms with E-state index in [0.29, 0.717) is 24.9 Å². The van der Waals surface area contributed by atoms with Gasteiger partial charge in [-0.15, -0.1) is 11.3 Å². The van der Waals surface area contributed by atoms with Gasteiger partial charge >= 0.3 is 0 Å². The van der Waals surface area contributed by atoms with E-state index in [1.807, 2.05) is 24.9 Å². The molecule has 0 radical (unpaired) electrons. The van der Waals surface area contributed by atoms with Crippen LogP contribution < -0.4 is 16.9 Å². The summed E-state index contributed by atoms with van der Waals surface area (Å²) >= 11 is 1.73. The number of rotatable bonds is 13. The number of likely N-dealkylation sites (tertiary alicyclic amines) is 1. The molecule has 0 aliphatic carbocycles. The van der Waals surface area contributed by atoms with Crippen LogP contribution in [0.1, 0.15) is 83.3 Å². The zero-order valence-electron chi connectivity index (χ0n) is 27.9. The average molecular weight is 656 g/mol. The fraction of sp³-hybridized carbons (Fsp3) is 0.459. The van der Waals surface area contributed by atoms with E-state index in [4.69, 9.17) is 16.5 Å². The molecule has 4 heterocycles. The molecule has 8 N–H and O–H groups in total. The molecular weight excluding hydrogens is 607 g/mol. The normalized spacial score (nSPS) is 17.4. The lowest BCUT2D eigenvalue weighted by molar-refractivity contribution is -0.138. The minimum atomic E-state index is -0.631. The van der Waals surface area contributed by atoms with E-state index in [1.165, 1.54) is 37.8 Å². The molecule has 0 saturated carbocycles. The van der Waals surface area contributed by atoms with Gasteiger partial charge in [0.15, 0.2) is 0 Å². The van der Waals surface area contributed by atoms with Gasteiger partial charge in [0.1, 0.15) is 11.9 Å². The van der Waals surface area contributed by atoms with Crippen molar-refractivity contribution in [2.45, 2.75) is 83.8 Å². The highest BCUT2D eigenvalue weighted by Gasteiger charge is 2.36. The molecule has 1 aliphatic rings. The quantitative estimate of drug-likeness (QED) is 0.0733. The Balaban J connectivity index is 1.22. The van der Waals surface area contributed by atoms with Gasteiger partial charge in [-0.1, -0.05) is 52.0 Å². The van der Waals surface area contributed by atoms with E-state index in [1.54, 1.807) is 11.3 Å². The van der Waals surface area contributed by atoms with Crippen LogP contribution in [0, 0.1) is 11.8 Å². The van der Waals surface area contributed by atoms with E-state index in [0.717, 1.165) is 48.5 Å². The van der Waals surface area contributed by atoms with Crippen molar-refractivity contribution in [3.8, 4) is 21.0 Å². The molecule has 1 aliphatic heterocycles. The number of aromatic amines is 2. The Bertz CT molecular complexity index is 1820. The fourth-order valence-corrected chi connectivity index (χ4v) is 7.91. The number of aromatic nitrogens is 3. The first kappa shape index (κ1) is 33.4. The van der Waals surface area contributed by atoms with Gasteiger partial charge < -0.3 is 31.5 Å². The molecule has 1 amide bonds. The number of fused-ring (bicyclic) bond motifs is 3. The molecule has 1 saturated heterocycles. The van der Waals surface area contributed by atoms with Crippen LogP contribution in [0.3, 0.4) is 0 Å². The van der Waals surface area contributed by atoms with Gasteiger partial charge in [0.2, 0.25) is 5.91 Å². The van der Waals surface area contributed by atoms with Gasteiger partial charge in [-0.3, -0.25) is 4.79 Å². The summed E-state index contributed by atoms with van der Waals surface area (Å²) in [5.74, 6) is 1.47. The third kappa shape index (κ3) is 6.89. The Labute approximate surface area is 281 Å². The number of nitrogens with one attached hydrogen (secondary N) is 3. The molecule has 4 atom stereocenters. The number of benzene rings is 2. The molecule has 0 bridgehead atoms. The molecule has 1 fully saturated rings. The van der Waals surface area contributed by atoms with E-state index in [2.05, 4.69) is 77.8 Å². The van der Waals surface area contributed by atoms with Gasteiger partial charge in [-0.2, -0.15) is 5.48 Å². The third-order valence-corrected chi connectivity index (χ3v) is 11.1. The molecule has 0 unspecified atom stereocenters. The van der Waals surface area contributed by atoms with Crippen LogP contribution >= 0.6 is 11.3 Å². The molecule has 0 spiro atoms. The van der Waals surface area contributed by atoms with Crippen molar-refractivity contribution in [3.05, 3.63) is 66.2 Å². The van der Waals surface area contributed by atoms with Crippen LogP contribution in [-0.2, 0) is 4.79 Å². The minimum absolute atomic E-state index is 0.0234. The smallest absolute Gasteiger partial charge is 0.242 e. The lowest BCUT2D eigenvalue weighted by Crippen LogP contribution is -2.48. The number of H-pyrrole nitrogens is 2. The van der Waals surface area contributed by atoms with Crippen molar-refractivity contribution < 1.29 is 10.0 Å². The molecule has 6 rings (SSSR count). The summed E-state index contributed by atoms with van der Waals surface area (Å²) < 4.78 is 0. The lowest BCUT2D eigenvalue weighted by Gasteiger charge is -2.28. The highest BCUT2D eigenvalue weighted by Crippen LogP contribution is 2.39. The number of carbonyl (C=O) groups is 1. The predicted octanol–water partition coefficient (Wildman–Crippen LogP) is 7.30. The van der Waals surface area contributed by atoms with Crippen LogP contribution in [-0.4, -0.2) is 56.1 Å². The second-order valence-electron chi connectivity index (χ2n) is 13.8. The lowest BCUT2D eigenvalue weighted by atomic mass is 9.88. The molecule has 47 heavy (non-hydrogen) atoms. The van der Waals surface area contributed by atoms with Crippen LogP contribution in [0.4, 0.5) is 0 Å². The maximum absolute atomic E-state index is 13.2. The van der Waals surface area contributed by atoms with Gasteiger partial charge in [-0.25, -0.2) is 4.98 Å². The predicted molar refractivity (Wildman–Crippen MR) is 192 cm³/mol. The Morgan fingerprint density at radius 3 is 2.60 bits per heavy atom. The molecular formula is C37H49N7O2S. The summed E-state index contributed by atoms with van der Waals surface area (Å²) in [4.78, 5) is 29.3. The number of nitrogens with zero attached hydrogens (tertiary/aromatic N) is 2. The SMILES string of the molecule is CC(C)[C@H](N)C[C@@H](CCCN)c1cc2ccc3cc(-c4ccc(-c5cnc([C@@H]6CCCN6C(=O)[C@@H](NO)C(C)C)[nH]5)s4)ccc3c2[nH]1. The number of hydrogen-bond acceptors (Lipinski definition) is 7. The Morgan fingerprint density at radius 1 is 1.06 bits per heavy atom. The van der Waals surface area contributed by atoms with E-state index >= 15 is 0 Å². The number of thiophene rings is 1. The summed E-state index contributed by atoms with van der Waals surface area (Å²) in [6.07, 6.45) is 6.58. The van der Waals surface area contributed by atoms with Crippen LogP contribution in [0.25, 0.3) is 42.7 Å². The number of hydroxylamine groups is 1. The zero-order valence-corrected chi connectivity index (χ0v) is 28.7. The highest BCUT2D eigenvalue weighted by molar-refractivity contribution is 7.18. The molecule has 250 valence electrons. The molecule has 9 nitrogen and oxygen atoms in total. The summed E-state index contributed by atoms with van der Waals surface area (Å²) in [6, 6.07) is 17.1. The molecule has 2 aromatic carbocycles.